The second-order valence-corrected chi connectivity index (χ2v) is 7.79. The second-order valence-electron chi connectivity index (χ2n) is 7.79. The molecule has 1 nitrogen and oxygen atoms in total. The average Bonchev–Trinajstić information content (AvgIpc) is 2.65. The van der Waals surface area contributed by atoms with Gasteiger partial charge in [-0.1, -0.05) is 67.9 Å². The van der Waals surface area contributed by atoms with Gasteiger partial charge in [0.1, 0.15) is 5.75 Å². The molecule has 0 aliphatic rings. The van der Waals surface area contributed by atoms with Crippen LogP contribution in [0.4, 0.5) is 4.39 Å². The van der Waals surface area contributed by atoms with Crippen molar-refractivity contribution in [2.24, 2.45) is 0 Å². The van der Waals surface area contributed by atoms with Crippen LogP contribution in [0.15, 0.2) is 72.8 Å². The molecule has 0 saturated heterocycles. The molecule has 3 aromatic carbocycles. The first-order valence-electron chi connectivity index (χ1n) is 9.52. The van der Waals surface area contributed by atoms with Gasteiger partial charge in [0, 0.05) is 0 Å². The van der Waals surface area contributed by atoms with Gasteiger partial charge in [0.2, 0.25) is 0 Å². The first-order chi connectivity index (χ1) is 12.9. The van der Waals surface area contributed by atoms with Crippen LogP contribution in [-0.2, 0) is 11.8 Å². The van der Waals surface area contributed by atoms with Crippen LogP contribution < -0.4 is 4.74 Å². The number of halogens is 1. The predicted molar refractivity (Wildman–Crippen MR) is 110 cm³/mol. The SMILES string of the molecule is Cc1cccc(C(C)(C)CCCc2ccc(F)c(Oc3ccccc3)c2)c1. The van der Waals surface area contributed by atoms with E-state index in [-0.39, 0.29) is 17.0 Å². The van der Waals surface area contributed by atoms with Gasteiger partial charge in [-0.3, -0.25) is 0 Å². The number of benzene rings is 3. The molecule has 0 heterocycles. The van der Waals surface area contributed by atoms with Crippen molar-refractivity contribution < 1.29 is 9.13 Å². The van der Waals surface area contributed by atoms with Gasteiger partial charge in [-0.15, -0.1) is 0 Å². The molecule has 0 aliphatic carbocycles. The minimum absolute atomic E-state index is 0.120. The Morgan fingerprint density at radius 2 is 1.67 bits per heavy atom. The fraction of sp³-hybridized carbons (Fsp3) is 0.280. The molecule has 3 aromatic rings. The first-order valence-corrected chi connectivity index (χ1v) is 9.52. The summed E-state index contributed by atoms with van der Waals surface area (Å²) in [7, 11) is 0. The number of ether oxygens (including phenoxy) is 1. The van der Waals surface area contributed by atoms with E-state index in [0.717, 1.165) is 24.8 Å². The van der Waals surface area contributed by atoms with E-state index >= 15 is 0 Å². The highest BCUT2D eigenvalue weighted by Gasteiger charge is 2.20. The monoisotopic (exact) mass is 362 g/mol. The molecule has 0 N–H and O–H groups in total. The Bertz CT molecular complexity index is 884. The zero-order chi connectivity index (χ0) is 19.3. The summed E-state index contributed by atoms with van der Waals surface area (Å²) in [4.78, 5) is 0. The maximum absolute atomic E-state index is 14.1. The quantitative estimate of drug-likeness (QED) is 0.431. The van der Waals surface area contributed by atoms with E-state index in [2.05, 4.69) is 45.0 Å². The van der Waals surface area contributed by atoms with Crippen LogP contribution in [0.5, 0.6) is 11.5 Å². The highest BCUT2D eigenvalue weighted by molar-refractivity contribution is 5.35. The van der Waals surface area contributed by atoms with Crippen LogP contribution in [0.3, 0.4) is 0 Å². The zero-order valence-electron chi connectivity index (χ0n) is 16.3. The van der Waals surface area contributed by atoms with E-state index in [0.29, 0.717) is 5.75 Å². The van der Waals surface area contributed by atoms with Crippen LogP contribution >= 0.6 is 0 Å². The van der Waals surface area contributed by atoms with Gasteiger partial charge in [0.15, 0.2) is 11.6 Å². The third kappa shape index (κ3) is 5.19. The fourth-order valence-electron chi connectivity index (χ4n) is 3.34. The predicted octanol–water partition coefficient (Wildman–Crippen LogP) is 7.23. The summed E-state index contributed by atoms with van der Waals surface area (Å²) < 4.78 is 19.8. The van der Waals surface area contributed by atoms with Gasteiger partial charge in [-0.05, 0) is 67.0 Å². The Labute approximate surface area is 161 Å². The lowest BCUT2D eigenvalue weighted by atomic mass is 9.79. The molecule has 0 unspecified atom stereocenters. The summed E-state index contributed by atoms with van der Waals surface area (Å²) in [6.07, 6.45) is 3.01. The number of hydrogen-bond acceptors (Lipinski definition) is 1. The molecule has 0 aliphatic heterocycles. The van der Waals surface area contributed by atoms with Crippen molar-refractivity contribution in [2.75, 3.05) is 0 Å². The van der Waals surface area contributed by atoms with Gasteiger partial charge < -0.3 is 4.74 Å². The first kappa shape index (κ1) is 19.2. The van der Waals surface area contributed by atoms with Gasteiger partial charge in [-0.25, -0.2) is 4.39 Å². The number of hydrogen-bond donors (Lipinski definition) is 0. The molecule has 0 spiro atoms. The van der Waals surface area contributed by atoms with Crippen molar-refractivity contribution in [3.8, 4) is 11.5 Å². The van der Waals surface area contributed by atoms with E-state index < -0.39 is 0 Å². The Balaban J connectivity index is 1.63. The summed E-state index contributed by atoms with van der Waals surface area (Å²) >= 11 is 0. The number of aryl methyl sites for hydroxylation is 2. The third-order valence-electron chi connectivity index (χ3n) is 5.03. The molecular weight excluding hydrogens is 335 g/mol. The molecule has 0 atom stereocenters. The zero-order valence-corrected chi connectivity index (χ0v) is 16.3. The Morgan fingerprint density at radius 1 is 0.889 bits per heavy atom. The van der Waals surface area contributed by atoms with Crippen molar-refractivity contribution in [2.45, 2.75) is 45.4 Å². The van der Waals surface area contributed by atoms with Gasteiger partial charge in [0.25, 0.3) is 0 Å². The average molecular weight is 362 g/mol. The second kappa shape index (κ2) is 8.39. The maximum Gasteiger partial charge on any atom is 0.165 e. The van der Waals surface area contributed by atoms with Gasteiger partial charge in [-0.2, -0.15) is 0 Å². The van der Waals surface area contributed by atoms with Crippen molar-refractivity contribution in [3.05, 3.63) is 95.3 Å². The Hall–Kier alpha value is -2.61. The lowest BCUT2D eigenvalue weighted by molar-refractivity contribution is 0.439. The van der Waals surface area contributed by atoms with Crippen molar-refractivity contribution >= 4 is 0 Å². The van der Waals surface area contributed by atoms with Crippen LogP contribution in [0.25, 0.3) is 0 Å². The fourth-order valence-corrected chi connectivity index (χ4v) is 3.34. The maximum atomic E-state index is 14.1. The summed E-state index contributed by atoms with van der Waals surface area (Å²) in [5.41, 5.74) is 3.88. The Morgan fingerprint density at radius 3 is 2.41 bits per heavy atom. The smallest absolute Gasteiger partial charge is 0.165 e. The standard InChI is InChI=1S/C25H27FO/c1-19-9-7-11-21(17-19)25(2,3)16-8-10-20-14-15-23(26)24(18-20)27-22-12-5-4-6-13-22/h4-7,9,11-15,17-18H,8,10,16H2,1-3H3. The molecule has 0 radical (unpaired) electrons. The minimum Gasteiger partial charge on any atom is -0.454 e. The van der Waals surface area contributed by atoms with E-state index in [4.69, 9.17) is 4.74 Å². The van der Waals surface area contributed by atoms with E-state index in [9.17, 15) is 4.39 Å². The number of para-hydroxylation sites is 1. The minimum atomic E-state index is -0.331. The molecule has 0 fully saturated rings. The highest BCUT2D eigenvalue weighted by Crippen LogP contribution is 2.31. The van der Waals surface area contributed by atoms with E-state index in [1.807, 2.05) is 42.5 Å². The lowest BCUT2D eigenvalue weighted by Crippen LogP contribution is -2.17. The summed E-state index contributed by atoms with van der Waals surface area (Å²) in [6.45, 7) is 6.71. The topological polar surface area (TPSA) is 9.23 Å². The van der Waals surface area contributed by atoms with E-state index in [1.54, 1.807) is 0 Å². The summed E-state index contributed by atoms with van der Waals surface area (Å²) in [6, 6.07) is 23.2. The number of rotatable bonds is 7. The molecule has 2 heteroatoms. The lowest BCUT2D eigenvalue weighted by Gasteiger charge is -2.26. The molecule has 3 rings (SSSR count). The van der Waals surface area contributed by atoms with Crippen LogP contribution in [0.2, 0.25) is 0 Å². The van der Waals surface area contributed by atoms with Crippen molar-refractivity contribution in [1.29, 1.82) is 0 Å². The van der Waals surface area contributed by atoms with Gasteiger partial charge >= 0.3 is 0 Å². The van der Waals surface area contributed by atoms with Crippen molar-refractivity contribution in [3.63, 3.8) is 0 Å². The molecule has 140 valence electrons. The van der Waals surface area contributed by atoms with Crippen LogP contribution in [-0.4, -0.2) is 0 Å². The van der Waals surface area contributed by atoms with Crippen LogP contribution in [0, 0.1) is 12.7 Å². The highest BCUT2D eigenvalue weighted by atomic mass is 19.1. The van der Waals surface area contributed by atoms with Crippen molar-refractivity contribution in [1.82, 2.24) is 0 Å². The molecule has 27 heavy (non-hydrogen) atoms. The Kier molecular flexibility index (Phi) is 5.95. The molecule has 0 bridgehead atoms. The molecule has 0 aromatic heterocycles. The molecule has 0 saturated carbocycles. The molecular formula is C25H27FO. The van der Waals surface area contributed by atoms with Gasteiger partial charge in [0.05, 0.1) is 0 Å². The third-order valence-corrected chi connectivity index (χ3v) is 5.03. The summed E-state index contributed by atoms with van der Waals surface area (Å²) in [5.74, 6) is 0.605. The molecule has 0 amide bonds. The van der Waals surface area contributed by atoms with E-state index in [1.165, 1.54) is 17.2 Å². The normalized spacial score (nSPS) is 11.4. The summed E-state index contributed by atoms with van der Waals surface area (Å²) in [5, 5.41) is 0. The van der Waals surface area contributed by atoms with Crippen LogP contribution in [0.1, 0.15) is 43.4 Å². The largest absolute Gasteiger partial charge is 0.454 e.